The lowest BCUT2D eigenvalue weighted by Gasteiger charge is -2.19. The molecule has 0 aliphatic carbocycles. The first kappa shape index (κ1) is 21.5. The lowest BCUT2D eigenvalue weighted by atomic mass is 9.87. The third-order valence-electron chi connectivity index (χ3n) is 4.46. The molecule has 28 heavy (non-hydrogen) atoms. The first-order chi connectivity index (χ1) is 13.1. The highest BCUT2D eigenvalue weighted by atomic mass is 19.1. The van der Waals surface area contributed by atoms with Gasteiger partial charge in [-0.3, -0.25) is 9.59 Å². The molecule has 4 nitrogen and oxygen atoms in total. The molecule has 0 bridgehead atoms. The fraction of sp³-hybridized carbons (Fsp3) is 0.364. The molecular weight excluding hydrogens is 362 g/mol. The average molecular weight is 388 g/mol. The summed E-state index contributed by atoms with van der Waals surface area (Å²) in [4.78, 5) is 24.2. The van der Waals surface area contributed by atoms with Crippen molar-refractivity contribution in [3.63, 3.8) is 0 Å². The van der Waals surface area contributed by atoms with Crippen LogP contribution in [-0.2, 0) is 10.2 Å². The number of carbonyl (C=O) groups excluding carboxylic acids is 2. The molecule has 1 atom stereocenters. The summed E-state index contributed by atoms with van der Waals surface area (Å²) < 4.78 is 26.7. The summed E-state index contributed by atoms with van der Waals surface area (Å²) in [5.74, 6) is -1.97. The van der Waals surface area contributed by atoms with Crippen LogP contribution in [0.4, 0.5) is 8.78 Å². The van der Waals surface area contributed by atoms with Crippen molar-refractivity contribution in [1.82, 2.24) is 10.6 Å². The minimum atomic E-state index is -0.709. The minimum Gasteiger partial charge on any atom is -0.352 e. The molecule has 0 saturated carbocycles. The number of carbonyl (C=O) groups is 2. The zero-order valence-electron chi connectivity index (χ0n) is 16.6. The van der Waals surface area contributed by atoms with E-state index in [1.165, 1.54) is 6.07 Å². The summed E-state index contributed by atoms with van der Waals surface area (Å²) in [6.07, 6.45) is 0.0545. The van der Waals surface area contributed by atoms with E-state index >= 15 is 0 Å². The van der Waals surface area contributed by atoms with Gasteiger partial charge in [0.2, 0.25) is 5.91 Å². The van der Waals surface area contributed by atoms with Crippen LogP contribution in [0.3, 0.4) is 0 Å². The van der Waals surface area contributed by atoms with Crippen LogP contribution in [0, 0.1) is 11.6 Å². The Morgan fingerprint density at radius 2 is 1.68 bits per heavy atom. The summed E-state index contributed by atoms with van der Waals surface area (Å²) in [6, 6.07) is 9.98. The topological polar surface area (TPSA) is 58.2 Å². The average Bonchev–Trinajstić information content (AvgIpc) is 2.60. The van der Waals surface area contributed by atoms with E-state index in [0.717, 1.165) is 17.7 Å². The highest BCUT2D eigenvalue weighted by Crippen LogP contribution is 2.22. The van der Waals surface area contributed by atoms with Crippen molar-refractivity contribution in [1.29, 1.82) is 0 Å². The second-order valence-electron chi connectivity index (χ2n) is 7.79. The number of halogens is 2. The van der Waals surface area contributed by atoms with Crippen molar-refractivity contribution in [2.75, 3.05) is 6.54 Å². The van der Waals surface area contributed by atoms with Crippen LogP contribution in [0.25, 0.3) is 0 Å². The second-order valence-corrected chi connectivity index (χ2v) is 7.79. The predicted molar refractivity (Wildman–Crippen MR) is 105 cm³/mol. The molecule has 0 radical (unpaired) electrons. The van der Waals surface area contributed by atoms with Crippen molar-refractivity contribution in [2.24, 2.45) is 0 Å². The van der Waals surface area contributed by atoms with E-state index in [4.69, 9.17) is 0 Å². The standard InChI is InChI=1S/C22H26F2N2O2/c1-14(18-10-9-17(23)13-19(18)24)26-20(27)11-12-25-21(28)15-5-7-16(8-6-15)22(2,3)4/h5-10,13-14H,11-12H2,1-4H3,(H,25,28)(H,26,27)/t14-/m1/s1. The molecule has 2 amide bonds. The van der Waals surface area contributed by atoms with Crippen LogP contribution >= 0.6 is 0 Å². The van der Waals surface area contributed by atoms with Crippen LogP contribution in [0.15, 0.2) is 42.5 Å². The number of hydrogen-bond acceptors (Lipinski definition) is 2. The van der Waals surface area contributed by atoms with Gasteiger partial charge in [0, 0.05) is 30.2 Å². The maximum Gasteiger partial charge on any atom is 0.251 e. The fourth-order valence-corrected chi connectivity index (χ4v) is 2.76. The van der Waals surface area contributed by atoms with Crippen molar-refractivity contribution in [2.45, 2.75) is 45.6 Å². The van der Waals surface area contributed by atoms with Gasteiger partial charge < -0.3 is 10.6 Å². The first-order valence-corrected chi connectivity index (χ1v) is 9.21. The molecule has 0 spiro atoms. The number of benzene rings is 2. The molecule has 6 heteroatoms. The van der Waals surface area contributed by atoms with Crippen molar-refractivity contribution in [3.8, 4) is 0 Å². The van der Waals surface area contributed by atoms with Crippen molar-refractivity contribution in [3.05, 3.63) is 70.8 Å². The van der Waals surface area contributed by atoms with E-state index in [9.17, 15) is 18.4 Å². The Morgan fingerprint density at radius 1 is 1.04 bits per heavy atom. The Labute approximate surface area is 164 Å². The van der Waals surface area contributed by atoms with Gasteiger partial charge in [0.25, 0.3) is 5.91 Å². The Hall–Kier alpha value is -2.76. The number of nitrogens with one attached hydrogen (secondary N) is 2. The monoisotopic (exact) mass is 388 g/mol. The van der Waals surface area contributed by atoms with Crippen LogP contribution in [0.2, 0.25) is 0 Å². The Balaban J connectivity index is 1.82. The molecule has 2 N–H and O–H groups in total. The van der Waals surface area contributed by atoms with E-state index in [2.05, 4.69) is 31.4 Å². The number of rotatable bonds is 6. The largest absolute Gasteiger partial charge is 0.352 e. The van der Waals surface area contributed by atoms with Gasteiger partial charge in [0.1, 0.15) is 11.6 Å². The van der Waals surface area contributed by atoms with E-state index in [0.29, 0.717) is 5.56 Å². The fourth-order valence-electron chi connectivity index (χ4n) is 2.76. The third-order valence-corrected chi connectivity index (χ3v) is 4.46. The molecule has 0 aromatic heterocycles. The third kappa shape index (κ3) is 5.87. The normalized spacial score (nSPS) is 12.4. The summed E-state index contributed by atoms with van der Waals surface area (Å²) in [7, 11) is 0. The predicted octanol–water partition coefficient (Wildman–Crippen LogP) is 4.26. The molecule has 0 fully saturated rings. The van der Waals surface area contributed by atoms with Gasteiger partial charge in [-0.2, -0.15) is 0 Å². The molecule has 0 unspecified atom stereocenters. The highest BCUT2D eigenvalue weighted by Gasteiger charge is 2.16. The molecule has 0 heterocycles. The smallest absolute Gasteiger partial charge is 0.251 e. The molecule has 0 aliphatic rings. The molecule has 150 valence electrons. The summed E-state index contributed by atoms with van der Waals surface area (Å²) in [6.45, 7) is 8.06. The summed E-state index contributed by atoms with van der Waals surface area (Å²) in [5.41, 5.74) is 1.87. The van der Waals surface area contributed by atoms with E-state index < -0.39 is 17.7 Å². The molecule has 2 aromatic rings. The van der Waals surface area contributed by atoms with Gasteiger partial charge in [-0.15, -0.1) is 0 Å². The number of amides is 2. The zero-order chi connectivity index (χ0) is 20.9. The molecule has 2 rings (SSSR count). The zero-order valence-corrected chi connectivity index (χ0v) is 16.6. The van der Waals surface area contributed by atoms with E-state index in [1.54, 1.807) is 19.1 Å². The van der Waals surface area contributed by atoms with Gasteiger partial charge in [0.05, 0.1) is 6.04 Å². The maximum absolute atomic E-state index is 13.8. The summed E-state index contributed by atoms with van der Waals surface area (Å²) in [5, 5.41) is 5.34. The SMILES string of the molecule is C[C@@H](NC(=O)CCNC(=O)c1ccc(C(C)(C)C)cc1)c1ccc(F)cc1F. The van der Waals surface area contributed by atoms with Crippen LogP contribution < -0.4 is 10.6 Å². The Kier molecular flexibility index (Phi) is 6.89. The van der Waals surface area contributed by atoms with Gasteiger partial charge in [-0.1, -0.05) is 39.0 Å². The van der Waals surface area contributed by atoms with Gasteiger partial charge in [-0.05, 0) is 36.1 Å². The van der Waals surface area contributed by atoms with Crippen LogP contribution in [0.1, 0.15) is 61.6 Å². The molecular formula is C22H26F2N2O2. The Morgan fingerprint density at radius 3 is 2.25 bits per heavy atom. The molecule has 2 aromatic carbocycles. The van der Waals surface area contributed by atoms with Crippen molar-refractivity contribution >= 4 is 11.8 Å². The first-order valence-electron chi connectivity index (χ1n) is 9.21. The van der Waals surface area contributed by atoms with Gasteiger partial charge >= 0.3 is 0 Å². The molecule has 0 aliphatic heterocycles. The maximum atomic E-state index is 13.8. The van der Waals surface area contributed by atoms with Crippen molar-refractivity contribution < 1.29 is 18.4 Å². The lowest BCUT2D eigenvalue weighted by Crippen LogP contribution is -2.32. The van der Waals surface area contributed by atoms with E-state index in [1.807, 2.05) is 12.1 Å². The minimum absolute atomic E-state index is 0.00772. The number of hydrogen-bond donors (Lipinski definition) is 2. The van der Waals surface area contributed by atoms with Crippen LogP contribution in [-0.4, -0.2) is 18.4 Å². The summed E-state index contributed by atoms with van der Waals surface area (Å²) >= 11 is 0. The second kappa shape index (κ2) is 8.95. The lowest BCUT2D eigenvalue weighted by molar-refractivity contribution is -0.121. The van der Waals surface area contributed by atoms with E-state index in [-0.39, 0.29) is 35.8 Å². The highest BCUT2D eigenvalue weighted by molar-refractivity contribution is 5.94. The van der Waals surface area contributed by atoms with Gasteiger partial charge in [0.15, 0.2) is 0 Å². The molecule has 0 saturated heterocycles. The Bertz CT molecular complexity index is 843. The van der Waals surface area contributed by atoms with Gasteiger partial charge in [-0.25, -0.2) is 8.78 Å². The quantitative estimate of drug-likeness (QED) is 0.777. The van der Waals surface area contributed by atoms with Crippen LogP contribution in [0.5, 0.6) is 0 Å².